The molecule has 486 valence electrons. The number of aromatic amines is 1. The van der Waals surface area contributed by atoms with E-state index in [-0.39, 0.29) is 78.2 Å². The summed E-state index contributed by atoms with van der Waals surface area (Å²) >= 11 is 0. The van der Waals surface area contributed by atoms with Gasteiger partial charge in [-0.05, 0) is 103 Å². The van der Waals surface area contributed by atoms with Gasteiger partial charge in [0.05, 0.1) is 78.6 Å². The number of H-pyrrole nitrogens is 1. The van der Waals surface area contributed by atoms with Crippen LogP contribution in [0, 0.1) is 19.8 Å². The van der Waals surface area contributed by atoms with Gasteiger partial charge in [0.1, 0.15) is 66.0 Å². The van der Waals surface area contributed by atoms with Crippen LogP contribution in [-0.4, -0.2) is 224 Å². The number of aromatic hydroxyl groups is 2. The summed E-state index contributed by atoms with van der Waals surface area (Å²) in [5.41, 5.74) is 1.02. The lowest BCUT2D eigenvalue weighted by atomic mass is 9.76. The molecule has 5 saturated heterocycles. The van der Waals surface area contributed by atoms with Crippen molar-refractivity contribution in [2.24, 2.45) is 5.92 Å². The van der Waals surface area contributed by atoms with E-state index in [4.69, 9.17) is 56.8 Å². The molecule has 88 heavy (non-hydrogen) atoms. The number of hydrogen-bond donors (Lipinski definition) is 11. The molecule has 0 saturated carbocycles. The maximum atomic E-state index is 15.5. The molecule has 6 heterocycles. The molecule has 0 unspecified atom stereocenters. The number of phenolic OH excluding ortho intramolecular Hbond substituents is 2. The smallest absolute Gasteiger partial charge is 0.328 e. The highest BCUT2D eigenvalue weighted by Crippen LogP contribution is 2.48. The third kappa shape index (κ3) is 13.4. The van der Waals surface area contributed by atoms with Gasteiger partial charge in [-0.15, -0.1) is 0 Å². The Balaban J connectivity index is 0.939. The molecule has 26 heteroatoms. The van der Waals surface area contributed by atoms with Gasteiger partial charge in [0.2, 0.25) is 12.2 Å². The van der Waals surface area contributed by atoms with Crippen LogP contribution in [0.25, 0.3) is 21.7 Å². The minimum atomic E-state index is -1.67. The molecule has 3 aromatic carbocycles. The van der Waals surface area contributed by atoms with Crippen molar-refractivity contribution in [2.75, 3.05) is 14.2 Å². The molecule has 1 amide bonds. The van der Waals surface area contributed by atoms with Gasteiger partial charge in [-0.1, -0.05) is 11.6 Å². The number of hydrogen-bond acceptors (Lipinski definition) is 24. The summed E-state index contributed by atoms with van der Waals surface area (Å²) < 4.78 is 72.9. The van der Waals surface area contributed by atoms with Gasteiger partial charge in [-0.2, -0.15) is 0 Å². The number of aromatic nitrogens is 1. The Labute approximate surface area is 508 Å². The monoisotopic (exact) mass is 1240 g/mol. The van der Waals surface area contributed by atoms with E-state index in [9.17, 15) is 55.5 Å². The molecular formula is C62H84N2O24. The van der Waals surface area contributed by atoms with Crippen molar-refractivity contribution in [3.05, 3.63) is 64.3 Å². The first kappa shape index (κ1) is 65.7. The second kappa shape index (κ2) is 26.6. The number of Topliss-reactive ketones (excluding diaryl/α,β-unsaturated/α-hetero) is 1. The number of amides is 1. The van der Waals surface area contributed by atoms with Crippen LogP contribution in [0.1, 0.15) is 106 Å². The van der Waals surface area contributed by atoms with Crippen molar-refractivity contribution in [2.45, 2.75) is 241 Å². The van der Waals surface area contributed by atoms with E-state index in [2.05, 4.69) is 10.3 Å². The van der Waals surface area contributed by atoms with Gasteiger partial charge in [0.25, 0.3) is 0 Å². The number of aliphatic hydroxyl groups is 7. The molecule has 0 spiro atoms. The molecule has 10 rings (SSSR count). The Hall–Kier alpha value is -5.21. The molecule has 1 aromatic heterocycles. The van der Waals surface area contributed by atoms with Gasteiger partial charge in [0, 0.05) is 74.2 Å². The Morgan fingerprint density at radius 1 is 0.716 bits per heavy atom. The van der Waals surface area contributed by atoms with Crippen molar-refractivity contribution < 1.29 is 117 Å². The van der Waals surface area contributed by atoms with Crippen LogP contribution in [0.5, 0.6) is 17.2 Å². The van der Waals surface area contributed by atoms with Crippen LogP contribution < -0.4 is 10.1 Å². The van der Waals surface area contributed by atoms with Gasteiger partial charge in [-0.25, -0.2) is 4.79 Å². The fourth-order valence-corrected chi connectivity index (χ4v) is 13.2. The fourth-order valence-electron chi connectivity index (χ4n) is 13.2. The number of aliphatic hydroxyl groups excluding tert-OH is 6. The Morgan fingerprint density at radius 3 is 1.86 bits per heavy atom. The largest absolute Gasteiger partial charge is 0.507 e. The molecular weight excluding hydrogens is 1160 g/mol. The van der Waals surface area contributed by atoms with Crippen LogP contribution in [0.4, 0.5) is 0 Å². The highest BCUT2D eigenvalue weighted by molar-refractivity contribution is 6.11. The van der Waals surface area contributed by atoms with Gasteiger partial charge in [0.15, 0.2) is 30.9 Å². The van der Waals surface area contributed by atoms with E-state index in [1.54, 1.807) is 46.9 Å². The lowest BCUT2D eigenvalue weighted by Gasteiger charge is -2.46. The second-order valence-corrected chi connectivity index (χ2v) is 24.8. The first-order valence-electron chi connectivity index (χ1n) is 30.0. The number of ketones is 1. The predicted molar refractivity (Wildman–Crippen MR) is 307 cm³/mol. The van der Waals surface area contributed by atoms with Crippen molar-refractivity contribution >= 4 is 39.3 Å². The van der Waals surface area contributed by atoms with E-state index in [1.807, 2.05) is 25.1 Å². The van der Waals surface area contributed by atoms with Crippen molar-refractivity contribution in [3.8, 4) is 17.2 Å². The molecule has 24 atom stereocenters. The molecule has 26 nitrogen and oxygen atoms in total. The number of aryl methyl sites for hydroxylation is 1. The Morgan fingerprint density at radius 2 is 1.27 bits per heavy atom. The maximum absolute atomic E-state index is 15.5. The van der Waals surface area contributed by atoms with Crippen molar-refractivity contribution in [1.29, 1.82) is 0 Å². The highest BCUT2D eigenvalue weighted by Gasteiger charge is 2.51. The number of methoxy groups -OCH3 is 2. The molecule has 5 fully saturated rings. The standard InChI is InChI=1S/C62H84N2O24/c1-24-11-12-36-34(13-24)33(23-63-36)16-37(61(75)78-10)64-60(74)58(77-9)35-15-31-14-32-17-39(84-44-19-40(52(68)27(4)80-44)85-43-18-38(65)51(67)26(3)79-43)25(2)50(66)48(32)55(71)49(31)56(72)57(35)88-46-21-41(53(69)29(6)82-46)86-45-20-42(54(70)28(5)81-45)87-47-22-62(8,76)59(73)30(7)83-47/h11-14,17,23,26-30,35,37-38,40-47,51-54,57-59,63,65-71,73,76H,15-16,18-22H2,1-10H3,(H,64,74)/t26-,27-,28-,29-,30-,35-,37+,38-,40-,41-,42-,43+,44+,45+,46+,47+,51-,52-,53-,54+,57+,58+,59-,62+/m1/s1. The number of fused-ring (bicyclic) bond motifs is 3. The third-order valence-corrected chi connectivity index (χ3v) is 18.3. The summed E-state index contributed by atoms with van der Waals surface area (Å²) in [6, 6.07) is 7.62. The van der Waals surface area contributed by atoms with Gasteiger partial charge >= 0.3 is 5.97 Å². The van der Waals surface area contributed by atoms with Crippen LogP contribution in [0.2, 0.25) is 0 Å². The number of benzene rings is 3. The number of rotatable bonds is 17. The lowest BCUT2D eigenvalue weighted by molar-refractivity contribution is -0.334. The molecule has 0 radical (unpaired) electrons. The molecule has 11 N–H and O–H groups in total. The van der Waals surface area contributed by atoms with E-state index < -0.39 is 176 Å². The van der Waals surface area contributed by atoms with Crippen LogP contribution in [0.3, 0.4) is 0 Å². The van der Waals surface area contributed by atoms with Crippen molar-refractivity contribution in [1.82, 2.24) is 10.3 Å². The van der Waals surface area contributed by atoms with E-state index in [0.717, 1.165) is 16.5 Å². The molecule has 0 bridgehead atoms. The van der Waals surface area contributed by atoms with Crippen molar-refractivity contribution in [3.63, 3.8) is 0 Å². The number of phenols is 2. The Kier molecular flexibility index (Phi) is 19.8. The first-order valence-corrected chi connectivity index (χ1v) is 30.0. The quantitative estimate of drug-likeness (QED) is 0.0675. The van der Waals surface area contributed by atoms with E-state index >= 15 is 4.79 Å². The molecule has 1 aliphatic carbocycles. The van der Waals surface area contributed by atoms with E-state index in [0.29, 0.717) is 5.56 Å². The maximum Gasteiger partial charge on any atom is 0.328 e. The number of esters is 1. The van der Waals surface area contributed by atoms with E-state index in [1.165, 1.54) is 34.1 Å². The average molecular weight is 1240 g/mol. The molecule has 4 aromatic rings. The third-order valence-electron chi connectivity index (χ3n) is 18.3. The SMILES string of the molecule is COC(=O)[C@H](Cc1c[nH]c2ccc(C)cc12)NC(=O)[C@@H](OC)[C@@H]1Cc2cc3cc(O[C@H]4C[C@@H](O[C@H]5C[C@@H](O)[C@H](O)[C@@H](C)O5)[C@H](O)[C@@H](C)O4)c(C)c(O)c3c(O)c2C(=O)[C@H]1O[C@H]1C[C@@H](O[C@H]2C[C@@H](O[C@H]3C[C@](C)(O)[C@H](O)[C@@H](C)O3)[C@@H](O)[C@@H](C)O2)[C@H](O)[C@@H](C)O1. The normalized spacial score (nSPS) is 37.9. The number of nitrogens with one attached hydrogen (secondary N) is 2. The summed E-state index contributed by atoms with van der Waals surface area (Å²) in [4.78, 5) is 47.2. The zero-order valence-electron chi connectivity index (χ0n) is 50.8. The minimum absolute atomic E-state index is 0.00705. The van der Waals surface area contributed by atoms with Crippen LogP contribution in [0.15, 0.2) is 36.5 Å². The average Bonchev–Trinajstić information content (AvgIpc) is 1.44. The summed E-state index contributed by atoms with van der Waals surface area (Å²) in [6.45, 7) is 12.9. The summed E-state index contributed by atoms with van der Waals surface area (Å²) in [5, 5.41) is 104. The topological polar surface area (TPSA) is 372 Å². The Bertz CT molecular complexity index is 3150. The fraction of sp³-hybridized carbons (Fsp3) is 0.661. The zero-order valence-corrected chi connectivity index (χ0v) is 50.8. The second-order valence-electron chi connectivity index (χ2n) is 24.8. The predicted octanol–water partition coefficient (Wildman–Crippen LogP) is 2.13. The highest BCUT2D eigenvalue weighted by atomic mass is 16.7. The van der Waals surface area contributed by atoms with Gasteiger partial charge in [-0.3, -0.25) is 9.59 Å². The summed E-state index contributed by atoms with van der Waals surface area (Å²) in [7, 11) is 2.44. The number of carbonyl (C=O) groups excluding carboxylic acids is 3. The van der Waals surface area contributed by atoms with Crippen LogP contribution in [-0.2, 0) is 74.5 Å². The molecule has 6 aliphatic rings. The number of ether oxygens (including phenoxy) is 12. The summed E-state index contributed by atoms with van der Waals surface area (Å²) in [5.74, 6) is -4.65. The van der Waals surface area contributed by atoms with Crippen LogP contribution >= 0.6 is 0 Å². The minimum Gasteiger partial charge on any atom is -0.507 e. The first-order chi connectivity index (χ1) is 41.6. The summed E-state index contributed by atoms with van der Waals surface area (Å²) in [6.07, 6.45) is -22.0. The number of carbonyl (C=O) groups is 3. The molecule has 5 aliphatic heterocycles. The lowest BCUT2D eigenvalue weighted by Crippen LogP contribution is -2.58. The van der Waals surface area contributed by atoms with Gasteiger partial charge < -0.3 is 113 Å². The zero-order chi connectivity index (χ0) is 63.5.